The van der Waals surface area contributed by atoms with Crippen molar-refractivity contribution >= 4 is 29.3 Å². The second-order valence-electron chi connectivity index (χ2n) is 9.60. The zero-order valence-corrected chi connectivity index (χ0v) is 21.3. The first-order valence-corrected chi connectivity index (χ1v) is 12.3. The van der Waals surface area contributed by atoms with Gasteiger partial charge < -0.3 is 9.64 Å². The Balaban J connectivity index is 1.36. The molecule has 0 radical (unpaired) electrons. The normalized spacial score (nSPS) is 20.7. The van der Waals surface area contributed by atoms with E-state index < -0.39 is 6.04 Å². The molecule has 2 fully saturated rings. The summed E-state index contributed by atoms with van der Waals surface area (Å²) in [7, 11) is 4.91. The van der Waals surface area contributed by atoms with E-state index in [-0.39, 0.29) is 11.9 Å². The quantitative estimate of drug-likeness (QED) is 0.581. The van der Waals surface area contributed by atoms with E-state index in [1.807, 2.05) is 12.1 Å². The highest BCUT2D eigenvalue weighted by atomic mass is 16.5. The third-order valence-corrected chi connectivity index (χ3v) is 7.26. The number of carbonyl (C=O) groups is 2. The molecule has 0 N–H and O–H groups in total. The molecule has 36 heavy (non-hydrogen) atoms. The van der Waals surface area contributed by atoms with Crippen LogP contribution in [0.5, 0.6) is 5.75 Å². The van der Waals surface area contributed by atoms with Gasteiger partial charge in [-0.1, -0.05) is 29.8 Å². The molecule has 2 aromatic carbocycles. The van der Waals surface area contributed by atoms with Gasteiger partial charge in [0.2, 0.25) is 0 Å². The van der Waals surface area contributed by atoms with Crippen LogP contribution in [0.4, 0.5) is 10.5 Å². The van der Waals surface area contributed by atoms with Crippen molar-refractivity contribution in [2.75, 3.05) is 58.8 Å². The zero-order chi connectivity index (χ0) is 25.4. The molecule has 5 rings (SSSR count). The molecule has 0 saturated carbocycles. The Morgan fingerprint density at radius 3 is 2.25 bits per heavy atom. The number of carbonyl (C=O) groups excluding carboxylic acids is 2. The number of likely N-dealkylation sites (N-methyl/N-ethyl adjacent to an activating group) is 2. The average molecular weight is 490 g/mol. The minimum atomic E-state index is -0.588. The Hall–Kier alpha value is -3.72. The number of hydrogen-bond donors (Lipinski definition) is 0. The molecule has 0 bridgehead atoms. The summed E-state index contributed by atoms with van der Waals surface area (Å²) in [6, 6.07) is 15.6. The van der Waals surface area contributed by atoms with Crippen LogP contribution >= 0.6 is 0 Å². The van der Waals surface area contributed by atoms with Crippen molar-refractivity contribution in [2.45, 2.75) is 19.5 Å². The fourth-order valence-corrected chi connectivity index (χ4v) is 5.00. The van der Waals surface area contributed by atoms with Crippen LogP contribution in [0, 0.1) is 6.92 Å². The summed E-state index contributed by atoms with van der Waals surface area (Å²) in [5, 5.41) is 0. The Labute approximate surface area is 211 Å². The summed E-state index contributed by atoms with van der Waals surface area (Å²) < 4.78 is 7.34. The molecule has 3 amide bonds. The van der Waals surface area contributed by atoms with Crippen molar-refractivity contribution in [1.29, 1.82) is 0 Å². The van der Waals surface area contributed by atoms with Gasteiger partial charge in [-0.2, -0.15) is 0 Å². The number of urea groups is 1. The summed E-state index contributed by atoms with van der Waals surface area (Å²) >= 11 is 0. The van der Waals surface area contributed by atoms with Gasteiger partial charge in [0, 0.05) is 46.0 Å². The number of ether oxygens (including phenoxy) is 1. The van der Waals surface area contributed by atoms with Crippen molar-refractivity contribution < 1.29 is 18.9 Å². The number of imide groups is 1. The summed E-state index contributed by atoms with van der Waals surface area (Å²) in [5.74, 6) is 1.97. The minimum absolute atomic E-state index is 0.233. The maximum atomic E-state index is 13.2. The number of amidine groups is 2. The van der Waals surface area contributed by atoms with Gasteiger partial charge in [0.15, 0.2) is 0 Å². The van der Waals surface area contributed by atoms with E-state index in [4.69, 9.17) is 9.73 Å². The second-order valence-corrected chi connectivity index (χ2v) is 9.60. The monoisotopic (exact) mass is 489 g/mol. The molecule has 9 nitrogen and oxygen atoms in total. The van der Waals surface area contributed by atoms with Crippen LogP contribution in [-0.4, -0.2) is 103 Å². The van der Waals surface area contributed by atoms with Gasteiger partial charge >= 0.3 is 11.9 Å². The van der Waals surface area contributed by atoms with Crippen molar-refractivity contribution in [3.05, 3.63) is 59.7 Å². The van der Waals surface area contributed by atoms with Crippen molar-refractivity contribution in [1.82, 2.24) is 14.7 Å². The third kappa shape index (κ3) is 4.46. The SMILES string of the molecule is COc1ccc(N2CCN(CC3=[N+](Cc4ccc(C)cc4)C4C(=O)N(C)C(=O)N(C)C4=N3)CC2)cc1. The number of amides is 3. The molecule has 2 saturated heterocycles. The number of aliphatic imine (C=N–C) groups is 1. The molecule has 0 aromatic heterocycles. The van der Waals surface area contributed by atoms with E-state index >= 15 is 0 Å². The highest BCUT2D eigenvalue weighted by molar-refractivity contribution is 6.23. The molecule has 1 atom stereocenters. The summed E-state index contributed by atoms with van der Waals surface area (Å²) in [6.07, 6.45) is 0. The number of hydrogen-bond acceptors (Lipinski definition) is 6. The van der Waals surface area contributed by atoms with E-state index in [2.05, 4.69) is 57.7 Å². The van der Waals surface area contributed by atoms with Gasteiger partial charge in [-0.25, -0.2) is 9.37 Å². The number of fused-ring (bicyclic) bond motifs is 1. The van der Waals surface area contributed by atoms with E-state index in [1.54, 1.807) is 21.2 Å². The Morgan fingerprint density at radius 2 is 1.61 bits per heavy atom. The van der Waals surface area contributed by atoms with Gasteiger partial charge in [0.1, 0.15) is 18.8 Å². The van der Waals surface area contributed by atoms with Crippen LogP contribution in [-0.2, 0) is 11.3 Å². The largest absolute Gasteiger partial charge is 0.497 e. The Bertz CT molecular complexity index is 1210. The smallest absolute Gasteiger partial charge is 0.333 e. The standard InChI is InChI=1S/C27H33N6O3/c1-19-5-7-20(8-6-19)17-33-23(28-25-24(33)26(34)30(3)27(35)29(25)2)18-31-13-15-32(16-14-31)21-9-11-22(36-4)12-10-21/h5-12,24H,13-18H2,1-4H3/q+1. The van der Waals surface area contributed by atoms with Crippen LogP contribution < -0.4 is 9.64 Å². The fraction of sp³-hybridized carbons (Fsp3) is 0.407. The lowest BCUT2D eigenvalue weighted by Crippen LogP contribution is -2.61. The number of rotatable bonds is 6. The summed E-state index contributed by atoms with van der Waals surface area (Å²) in [5.41, 5.74) is 3.48. The molecule has 0 aliphatic carbocycles. The van der Waals surface area contributed by atoms with Crippen molar-refractivity contribution in [3.8, 4) is 5.75 Å². The molecule has 3 aliphatic heterocycles. The highest BCUT2D eigenvalue weighted by Crippen LogP contribution is 2.23. The minimum Gasteiger partial charge on any atom is -0.497 e. The van der Waals surface area contributed by atoms with E-state index in [0.717, 1.165) is 43.3 Å². The predicted molar refractivity (Wildman–Crippen MR) is 139 cm³/mol. The van der Waals surface area contributed by atoms with E-state index in [1.165, 1.54) is 21.1 Å². The Morgan fingerprint density at radius 1 is 0.944 bits per heavy atom. The first-order valence-electron chi connectivity index (χ1n) is 12.3. The number of methoxy groups -OCH3 is 1. The first kappa shape index (κ1) is 24.0. The molecule has 3 aliphatic rings. The predicted octanol–water partition coefficient (Wildman–Crippen LogP) is 2.04. The van der Waals surface area contributed by atoms with E-state index in [0.29, 0.717) is 18.9 Å². The van der Waals surface area contributed by atoms with Crippen LogP contribution in [0.15, 0.2) is 53.5 Å². The van der Waals surface area contributed by atoms with E-state index in [9.17, 15) is 9.59 Å². The maximum Gasteiger partial charge on any atom is 0.333 e. The van der Waals surface area contributed by atoms with Gasteiger partial charge in [0.05, 0.1) is 7.11 Å². The van der Waals surface area contributed by atoms with Crippen molar-refractivity contribution in [3.63, 3.8) is 0 Å². The molecular weight excluding hydrogens is 456 g/mol. The fourth-order valence-electron chi connectivity index (χ4n) is 5.00. The topological polar surface area (TPSA) is 71.7 Å². The van der Waals surface area contributed by atoms with Gasteiger partial charge in [-0.3, -0.25) is 19.5 Å². The summed E-state index contributed by atoms with van der Waals surface area (Å²) in [6.45, 7) is 6.81. The number of nitrogens with zero attached hydrogens (tertiary/aromatic N) is 6. The maximum absolute atomic E-state index is 13.2. The number of anilines is 1. The molecule has 188 valence electrons. The Kier molecular flexibility index (Phi) is 6.49. The highest BCUT2D eigenvalue weighted by Gasteiger charge is 2.53. The van der Waals surface area contributed by atoms with Gasteiger partial charge in [-0.05, 0) is 41.7 Å². The van der Waals surface area contributed by atoms with Crippen LogP contribution in [0.2, 0.25) is 0 Å². The molecule has 1 unspecified atom stereocenters. The molecule has 3 heterocycles. The number of piperazine rings is 1. The first-order chi connectivity index (χ1) is 17.4. The lowest BCUT2D eigenvalue weighted by atomic mass is 10.1. The molecular formula is C27H33N6O3+. The molecule has 2 aromatic rings. The van der Waals surface area contributed by atoms with Crippen LogP contribution in [0.25, 0.3) is 0 Å². The molecule has 9 heteroatoms. The lowest BCUT2D eigenvalue weighted by molar-refractivity contribution is -0.552. The lowest BCUT2D eigenvalue weighted by Gasteiger charge is -2.35. The van der Waals surface area contributed by atoms with Crippen molar-refractivity contribution in [2.24, 2.45) is 4.99 Å². The number of benzene rings is 2. The average Bonchev–Trinajstić information content (AvgIpc) is 3.25. The number of aryl methyl sites for hydroxylation is 1. The third-order valence-electron chi connectivity index (χ3n) is 7.26. The van der Waals surface area contributed by atoms with Gasteiger partial charge in [0.25, 0.3) is 17.8 Å². The molecule has 0 spiro atoms. The van der Waals surface area contributed by atoms with Crippen LogP contribution in [0.1, 0.15) is 11.1 Å². The second kappa shape index (κ2) is 9.73. The zero-order valence-electron chi connectivity index (χ0n) is 21.3. The van der Waals surface area contributed by atoms with Crippen LogP contribution in [0.3, 0.4) is 0 Å². The van der Waals surface area contributed by atoms with Gasteiger partial charge in [-0.15, -0.1) is 0 Å². The summed E-state index contributed by atoms with van der Waals surface area (Å²) in [4.78, 5) is 38.1.